The average Bonchev–Trinajstić information content (AvgIpc) is 3.15. The fraction of sp³-hybridized carbons (Fsp3) is 0.227. The van der Waals surface area contributed by atoms with Gasteiger partial charge in [-0.25, -0.2) is 9.07 Å². The predicted octanol–water partition coefficient (Wildman–Crippen LogP) is 2.23. The summed E-state index contributed by atoms with van der Waals surface area (Å²) in [5.74, 6) is -0.759. The molecule has 3 N–H and O–H groups in total. The zero-order valence-corrected chi connectivity index (χ0v) is 16.9. The van der Waals surface area contributed by atoms with Crippen molar-refractivity contribution in [2.24, 2.45) is 0 Å². The molecule has 0 radical (unpaired) electrons. The molecule has 0 aliphatic rings. The van der Waals surface area contributed by atoms with E-state index in [0.717, 1.165) is 0 Å². The summed E-state index contributed by atoms with van der Waals surface area (Å²) in [6.07, 6.45) is 1.43. The lowest BCUT2D eigenvalue weighted by Gasteiger charge is -2.24. The van der Waals surface area contributed by atoms with Gasteiger partial charge in [-0.1, -0.05) is 0 Å². The van der Waals surface area contributed by atoms with Crippen molar-refractivity contribution in [3.05, 3.63) is 71.3 Å². The number of nitrogens with zero attached hydrogens (tertiary/aromatic N) is 4. The first-order valence-electron chi connectivity index (χ1n) is 9.61. The number of hydrogen-bond donors (Lipinski definition) is 3. The maximum atomic E-state index is 13.2. The van der Waals surface area contributed by atoms with Crippen LogP contribution in [-0.4, -0.2) is 52.2 Å². The summed E-state index contributed by atoms with van der Waals surface area (Å²) in [7, 11) is 0. The molecular weight excluding hydrogens is 401 g/mol. The fourth-order valence-corrected chi connectivity index (χ4v) is 3.25. The number of carbonyl (C=O) groups is 1. The number of benzene rings is 2. The second-order valence-electron chi connectivity index (χ2n) is 6.76. The molecule has 3 aromatic rings. The Morgan fingerprint density at radius 1 is 1.19 bits per heavy atom. The zero-order valence-electron chi connectivity index (χ0n) is 16.9. The molecule has 0 unspecified atom stereocenters. The van der Waals surface area contributed by atoms with Crippen LogP contribution in [0.15, 0.2) is 48.7 Å². The maximum absolute atomic E-state index is 13.2. The van der Waals surface area contributed by atoms with Gasteiger partial charge in [-0.2, -0.15) is 10.4 Å². The van der Waals surface area contributed by atoms with Crippen LogP contribution in [0.5, 0.6) is 0 Å². The predicted molar refractivity (Wildman–Crippen MR) is 114 cm³/mol. The zero-order chi connectivity index (χ0) is 22.4. The molecule has 1 heterocycles. The van der Waals surface area contributed by atoms with Crippen LogP contribution in [0.2, 0.25) is 0 Å². The van der Waals surface area contributed by atoms with Crippen molar-refractivity contribution in [2.75, 3.05) is 36.5 Å². The fourth-order valence-electron chi connectivity index (χ4n) is 3.25. The molecule has 3 rings (SSSR count). The van der Waals surface area contributed by atoms with E-state index in [1.807, 2.05) is 0 Å². The molecule has 0 aliphatic carbocycles. The molecule has 9 heteroatoms. The SMILES string of the molecule is Cc1c(C(=O)Nc2ccc(N(CCO)CCO)c(C#N)c2)cnn1-c1ccc(F)cc1. The van der Waals surface area contributed by atoms with Gasteiger partial charge in [-0.3, -0.25) is 4.79 Å². The summed E-state index contributed by atoms with van der Waals surface area (Å²) < 4.78 is 14.7. The molecule has 0 bridgehead atoms. The summed E-state index contributed by atoms with van der Waals surface area (Å²) >= 11 is 0. The van der Waals surface area contributed by atoms with Gasteiger partial charge in [-0.15, -0.1) is 0 Å². The second-order valence-corrected chi connectivity index (χ2v) is 6.76. The number of aliphatic hydroxyl groups excluding tert-OH is 2. The Bertz CT molecular complexity index is 1100. The summed E-state index contributed by atoms with van der Waals surface area (Å²) in [4.78, 5) is 14.5. The van der Waals surface area contributed by atoms with Gasteiger partial charge in [0.1, 0.15) is 11.9 Å². The Kier molecular flexibility index (Phi) is 6.97. The van der Waals surface area contributed by atoms with Gasteiger partial charge in [0, 0.05) is 18.8 Å². The Hall–Kier alpha value is -3.74. The van der Waals surface area contributed by atoms with Crippen molar-refractivity contribution in [3.8, 4) is 11.8 Å². The number of carbonyl (C=O) groups excluding carboxylic acids is 1. The van der Waals surface area contributed by atoms with E-state index < -0.39 is 5.91 Å². The number of halogens is 1. The van der Waals surface area contributed by atoms with Crippen LogP contribution >= 0.6 is 0 Å². The van der Waals surface area contributed by atoms with Crippen molar-refractivity contribution < 1.29 is 19.4 Å². The van der Waals surface area contributed by atoms with Gasteiger partial charge in [-0.05, 0) is 49.4 Å². The first-order valence-corrected chi connectivity index (χ1v) is 9.61. The van der Waals surface area contributed by atoms with Gasteiger partial charge in [0.05, 0.1) is 47.6 Å². The van der Waals surface area contributed by atoms with Gasteiger partial charge in [0.15, 0.2) is 0 Å². The molecule has 0 spiro atoms. The maximum Gasteiger partial charge on any atom is 0.259 e. The third-order valence-corrected chi connectivity index (χ3v) is 4.78. The molecule has 0 fully saturated rings. The van der Waals surface area contributed by atoms with E-state index >= 15 is 0 Å². The van der Waals surface area contributed by atoms with Gasteiger partial charge in [0.2, 0.25) is 0 Å². The average molecular weight is 423 g/mol. The highest BCUT2D eigenvalue weighted by atomic mass is 19.1. The third kappa shape index (κ3) is 4.88. The van der Waals surface area contributed by atoms with Crippen molar-refractivity contribution in [1.29, 1.82) is 5.26 Å². The molecule has 1 amide bonds. The summed E-state index contributed by atoms with van der Waals surface area (Å²) in [5, 5.41) is 34.9. The standard InChI is InChI=1S/C22H22FN5O3/c1-15-20(14-25-28(15)19-5-2-17(23)3-6-19)22(31)26-18-4-7-21(16(12-18)13-24)27(8-10-29)9-11-30/h2-7,12,14,29-30H,8-11H2,1H3,(H,26,31). The Morgan fingerprint density at radius 3 is 2.48 bits per heavy atom. The summed E-state index contributed by atoms with van der Waals surface area (Å²) in [6.45, 7) is 2.02. The van der Waals surface area contributed by atoms with E-state index in [0.29, 0.717) is 33.9 Å². The summed E-state index contributed by atoms with van der Waals surface area (Å²) in [5.41, 5.74) is 2.84. The van der Waals surface area contributed by atoms with Gasteiger partial charge < -0.3 is 20.4 Å². The highest BCUT2D eigenvalue weighted by molar-refractivity contribution is 6.05. The minimum atomic E-state index is -0.398. The number of nitrogens with one attached hydrogen (secondary N) is 1. The molecule has 160 valence electrons. The van der Waals surface area contributed by atoms with Crippen LogP contribution in [0.1, 0.15) is 21.6 Å². The topological polar surface area (TPSA) is 114 Å². The summed E-state index contributed by atoms with van der Waals surface area (Å²) in [6, 6.07) is 12.7. The van der Waals surface area contributed by atoms with Crippen molar-refractivity contribution in [2.45, 2.75) is 6.92 Å². The first-order chi connectivity index (χ1) is 15.0. The van der Waals surface area contributed by atoms with Crippen molar-refractivity contribution in [3.63, 3.8) is 0 Å². The lowest BCUT2D eigenvalue weighted by Crippen LogP contribution is -2.30. The van der Waals surface area contributed by atoms with E-state index in [4.69, 9.17) is 0 Å². The van der Waals surface area contributed by atoms with Crippen LogP contribution in [-0.2, 0) is 0 Å². The molecule has 0 aliphatic heterocycles. The smallest absolute Gasteiger partial charge is 0.259 e. The molecule has 0 saturated carbocycles. The number of aliphatic hydroxyl groups is 2. The van der Waals surface area contributed by atoms with Crippen LogP contribution < -0.4 is 10.2 Å². The number of nitriles is 1. The number of rotatable bonds is 8. The Labute approximate surface area is 178 Å². The molecule has 8 nitrogen and oxygen atoms in total. The van der Waals surface area contributed by atoms with Crippen molar-refractivity contribution >= 4 is 17.3 Å². The largest absolute Gasteiger partial charge is 0.395 e. The quantitative estimate of drug-likeness (QED) is 0.512. The monoisotopic (exact) mass is 423 g/mol. The lowest BCUT2D eigenvalue weighted by molar-refractivity contribution is 0.102. The van der Waals surface area contributed by atoms with Gasteiger partial charge >= 0.3 is 0 Å². The molecule has 1 aromatic heterocycles. The number of anilines is 2. The minimum Gasteiger partial charge on any atom is -0.395 e. The molecule has 2 aromatic carbocycles. The first kappa shape index (κ1) is 22.0. The van der Waals surface area contributed by atoms with E-state index in [2.05, 4.69) is 16.5 Å². The second kappa shape index (κ2) is 9.84. The van der Waals surface area contributed by atoms with Crippen LogP contribution in [0.25, 0.3) is 5.69 Å². The van der Waals surface area contributed by atoms with E-state index in [1.54, 1.807) is 40.8 Å². The van der Waals surface area contributed by atoms with E-state index in [-0.39, 0.29) is 32.1 Å². The minimum absolute atomic E-state index is 0.124. The normalized spacial score (nSPS) is 10.5. The molecular formula is C22H22FN5O3. The van der Waals surface area contributed by atoms with Crippen LogP contribution in [0.4, 0.5) is 15.8 Å². The highest BCUT2D eigenvalue weighted by Crippen LogP contribution is 2.24. The number of aromatic nitrogens is 2. The van der Waals surface area contributed by atoms with E-state index in [1.165, 1.54) is 24.4 Å². The van der Waals surface area contributed by atoms with Crippen molar-refractivity contribution in [1.82, 2.24) is 9.78 Å². The number of hydrogen-bond acceptors (Lipinski definition) is 6. The molecule has 0 saturated heterocycles. The highest BCUT2D eigenvalue weighted by Gasteiger charge is 2.17. The van der Waals surface area contributed by atoms with E-state index in [9.17, 15) is 24.7 Å². The van der Waals surface area contributed by atoms with Crippen LogP contribution in [0.3, 0.4) is 0 Å². The van der Waals surface area contributed by atoms with Crippen LogP contribution in [0, 0.1) is 24.1 Å². The van der Waals surface area contributed by atoms with Gasteiger partial charge in [0.25, 0.3) is 5.91 Å². The lowest BCUT2D eigenvalue weighted by atomic mass is 10.1. The Balaban J connectivity index is 1.82. The number of amides is 1. The molecule has 0 atom stereocenters. The Morgan fingerprint density at radius 2 is 1.87 bits per heavy atom. The third-order valence-electron chi connectivity index (χ3n) is 4.78. The molecule has 31 heavy (non-hydrogen) atoms.